The number of carboxylic acids is 1. The smallest absolute Gasteiger partial charge is 0.332 e. The molecule has 1 aliphatic heterocycles. The summed E-state index contributed by atoms with van der Waals surface area (Å²) < 4.78 is 17.4. The summed E-state index contributed by atoms with van der Waals surface area (Å²) in [5.74, 6) is -0.00487. The fraction of sp³-hybridized carbons (Fsp3) is 0.500. The van der Waals surface area contributed by atoms with E-state index in [1.807, 2.05) is 31.2 Å². The van der Waals surface area contributed by atoms with Gasteiger partial charge in [0.05, 0.1) is 11.9 Å². The fourth-order valence-corrected chi connectivity index (χ4v) is 3.67. The van der Waals surface area contributed by atoms with E-state index < -0.39 is 22.9 Å². The van der Waals surface area contributed by atoms with Crippen molar-refractivity contribution in [3.8, 4) is 0 Å². The van der Waals surface area contributed by atoms with E-state index in [2.05, 4.69) is 0 Å². The Bertz CT molecular complexity index is 486. The van der Waals surface area contributed by atoms with Crippen LogP contribution in [-0.2, 0) is 26.1 Å². The van der Waals surface area contributed by atoms with Crippen LogP contribution in [0.25, 0.3) is 0 Å². The molecule has 1 aliphatic rings. The van der Waals surface area contributed by atoms with Gasteiger partial charge in [0.15, 0.2) is 6.10 Å². The molecule has 1 heterocycles. The summed E-state index contributed by atoms with van der Waals surface area (Å²) in [6.07, 6.45) is 0.282. The lowest BCUT2D eigenvalue weighted by molar-refractivity contribution is -0.148. The van der Waals surface area contributed by atoms with Crippen molar-refractivity contribution in [3.05, 3.63) is 35.4 Å². The molecule has 0 bridgehead atoms. The minimum Gasteiger partial charge on any atom is -0.479 e. The predicted molar refractivity (Wildman–Crippen MR) is 73.4 cm³/mol. The van der Waals surface area contributed by atoms with Crippen LogP contribution in [0.4, 0.5) is 0 Å². The van der Waals surface area contributed by atoms with Crippen molar-refractivity contribution in [1.82, 2.24) is 0 Å². The lowest BCUT2D eigenvalue weighted by atomic mass is 10.1. The molecule has 1 fully saturated rings. The number of hydrogen-bond acceptors (Lipinski definition) is 3. The van der Waals surface area contributed by atoms with E-state index in [0.717, 1.165) is 11.1 Å². The number of benzene rings is 1. The van der Waals surface area contributed by atoms with E-state index in [0.29, 0.717) is 24.3 Å². The Morgan fingerprint density at radius 3 is 2.79 bits per heavy atom. The first kappa shape index (κ1) is 14.2. The van der Waals surface area contributed by atoms with Crippen LogP contribution in [0.1, 0.15) is 24.0 Å². The monoisotopic (exact) mass is 282 g/mol. The molecule has 0 radical (unpaired) electrons. The second kappa shape index (κ2) is 6.30. The zero-order valence-electron chi connectivity index (χ0n) is 10.9. The van der Waals surface area contributed by atoms with E-state index in [9.17, 15) is 9.00 Å². The minimum atomic E-state index is -1.02. The van der Waals surface area contributed by atoms with Crippen molar-refractivity contribution in [1.29, 1.82) is 0 Å². The highest BCUT2D eigenvalue weighted by molar-refractivity contribution is 7.84. The van der Waals surface area contributed by atoms with Gasteiger partial charge in [-0.25, -0.2) is 4.79 Å². The van der Waals surface area contributed by atoms with Crippen LogP contribution < -0.4 is 0 Å². The number of carboxylic acid groups (broad SMARTS) is 1. The molecule has 1 saturated heterocycles. The molecule has 0 aromatic heterocycles. The lowest BCUT2D eigenvalue weighted by Gasteiger charge is -2.11. The van der Waals surface area contributed by atoms with Gasteiger partial charge in [0.2, 0.25) is 0 Å². The third-order valence-electron chi connectivity index (χ3n) is 3.33. The second-order valence-electron chi connectivity index (χ2n) is 4.84. The molecular formula is C14H18O4S. The molecule has 5 heteroatoms. The topological polar surface area (TPSA) is 63.6 Å². The SMILES string of the molecule is Cc1ccccc1CS(=O)CC1CCC(C(=O)O)O1. The molecule has 0 saturated carbocycles. The van der Waals surface area contributed by atoms with Crippen molar-refractivity contribution < 1.29 is 18.8 Å². The normalized spacial score (nSPS) is 24.3. The zero-order chi connectivity index (χ0) is 13.8. The fourth-order valence-electron chi connectivity index (χ4n) is 2.22. The predicted octanol–water partition coefficient (Wildman–Crippen LogP) is 1.88. The number of ether oxygens (including phenoxy) is 1. The van der Waals surface area contributed by atoms with Gasteiger partial charge in [-0.2, -0.15) is 0 Å². The van der Waals surface area contributed by atoms with E-state index in [4.69, 9.17) is 9.84 Å². The van der Waals surface area contributed by atoms with Crippen LogP contribution in [0.2, 0.25) is 0 Å². The molecule has 3 atom stereocenters. The zero-order valence-corrected chi connectivity index (χ0v) is 11.7. The highest BCUT2D eigenvalue weighted by Gasteiger charge is 2.31. The first-order valence-corrected chi connectivity index (χ1v) is 7.83. The van der Waals surface area contributed by atoms with Crippen LogP contribution in [-0.4, -0.2) is 33.2 Å². The molecule has 3 unspecified atom stereocenters. The Morgan fingerprint density at radius 2 is 2.16 bits per heavy atom. The van der Waals surface area contributed by atoms with E-state index >= 15 is 0 Å². The first-order chi connectivity index (χ1) is 9.06. The molecule has 2 rings (SSSR count). The maximum atomic E-state index is 12.1. The average molecular weight is 282 g/mol. The van der Waals surface area contributed by atoms with Crippen LogP contribution >= 0.6 is 0 Å². The van der Waals surface area contributed by atoms with Crippen molar-refractivity contribution in [3.63, 3.8) is 0 Å². The Labute approximate surface area is 115 Å². The van der Waals surface area contributed by atoms with Crippen molar-refractivity contribution >= 4 is 16.8 Å². The highest BCUT2D eigenvalue weighted by atomic mass is 32.2. The summed E-state index contributed by atoms with van der Waals surface area (Å²) in [6, 6.07) is 7.87. The number of rotatable bonds is 5. The Morgan fingerprint density at radius 1 is 1.42 bits per heavy atom. The van der Waals surface area contributed by atoms with Crippen LogP contribution in [0.3, 0.4) is 0 Å². The quantitative estimate of drug-likeness (QED) is 0.895. The largest absolute Gasteiger partial charge is 0.479 e. The Kier molecular flexibility index (Phi) is 4.71. The van der Waals surface area contributed by atoms with Gasteiger partial charge < -0.3 is 9.84 Å². The van der Waals surface area contributed by atoms with Crippen molar-refractivity contribution in [2.24, 2.45) is 0 Å². The van der Waals surface area contributed by atoms with Gasteiger partial charge in [0, 0.05) is 16.6 Å². The lowest BCUT2D eigenvalue weighted by Crippen LogP contribution is -2.23. The van der Waals surface area contributed by atoms with Crippen LogP contribution in [0.15, 0.2) is 24.3 Å². The molecule has 0 spiro atoms. The third-order valence-corrected chi connectivity index (χ3v) is 4.71. The first-order valence-electron chi connectivity index (χ1n) is 6.34. The van der Waals surface area contributed by atoms with Gasteiger partial charge in [0.1, 0.15) is 0 Å². The summed E-state index contributed by atoms with van der Waals surface area (Å²) in [4.78, 5) is 10.8. The molecule has 4 nitrogen and oxygen atoms in total. The highest BCUT2D eigenvalue weighted by Crippen LogP contribution is 2.21. The van der Waals surface area contributed by atoms with Crippen LogP contribution in [0, 0.1) is 6.92 Å². The molecule has 1 aromatic rings. The number of hydrogen-bond donors (Lipinski definition) is 1. The molecule has 1 aromatic carbocycles. The molecular weight excluding hydrogens is 264 g/mol. The molecule has 19 heavy (non-hydrogen) atoms. The van der Waals surface area contributed by atoms with Gasteiger partial charge in [-0.05, 0) is 30.9 Å². The summed E-state index contributed by atoms with van der Waals surface area (Å²) >= 11 is 0. The van der Waals surface area contributed by atoms with Crippen LogP contribution in [0.5, 0.6) is 0 Å². The van der Waals surface area contributed by atoms with Gasteiger partial charge in [-0.1, -0.05) is 24.3 Å². The molecule has 0 aliphatic carbocycles. The average Bonchev–Trinajstić information content (AvgIpc) is 2.80. The Hall–Kier alpha value is -1.20. The standard InChI is InChI=1S/C14H18O4S/c1-10-4-2-3-5-11(10)8-19(17)9-12-6-7-13(18-12)14(15)16/h2-5,12-13H,6-9H2,1H3,(H,15,16). The maximum absolute atomic E-state index is 12.1. The second-order valence-corrected chi connectivity index (χ2v) is 6.34. The van der Waals surface area contributed by atoms with Gasteiger partial charge in [-0.15, -0.1) is 0 Å². The Balaban J connectivity index is 1.86. The third kappa shape index (κ3) is 3.88. The van der Waals surface area contributed by atoms with Gasteiger partial charge in [-0.3, -0.25) is 4.21 Å². The number of aryl methyl sites for hydroxylation is 1. The van der Waals surface area contributed by atoms with E-state index in [-0.39, 0.29) is 6.10 Å². The molecule has 0 amide bonds. The molecule has 104 valence electrons. The number of aliphatic carboxylic acids is 1. The van der Waals surface area contributed by atoms with E-state index in [1.54, 1.807) is 0 Å². The van der Waals surface area contributed by atoms with E-state index in [1.165, 1.54) is 0 Å². The minimum absolute atomic E-state index is 0.189. The van der Waals surface area contributed by atoms with Gasteiger partial charge in [0.25, 0.3) is 0 Å². The number of carbonyl (C=O) groups is 1. The molecule has 1 N–H and O–H groups in total. The van der Waals surface area contributed by atoms with Gasteiger partial charge >= 0.3 is 5.97 Å². The van der Waals surface area contributed by atoms with Crippen molar-refractivity contribution in [2.45, 2.75) is 37.7 Å². The summed E-state index contributed by atoms with van der Waals surface area (Å²) in [6.45, 7) is 2.00. The van der Waals surface area contributed by atoms with Crippen molar-refractivity contribution in [2.75, 3.05) is 5.75 Å². The summed E-state index contributed by atoms with van der Waals surface area (Å²) in [5.41, 5.74) is 2.21. The summed E-state index contributed by atoms with van der Waals surface area (Å²) in [7, 11) is -1.02. The maximum Gasteiger partial charge on any atom is 0.332 e. The summed E-state index contributed by atoms with van der Waals surface area (Å²) in [5, 5.41) is 8.84.